The fourth-order valence-electron chi connectivity index (χ4n) is 2.00. The molecule has 0 aliphatic rings. The average Bonchev–Trinajstić information content (AvgIpc) is 2.44. The number of rotatable bonds is 5. The van der Waals surface area contributed by atoms with Crippen molar-refractivity contribution in [2.75, 3.05) is 6.54 Å². The van der Waals surface area contributed by atoms with Gasteiger partial charge in [0.05, 0.1) is 0 Å². The summed E-state index contributed by atoms with van der Waals surface area (Å²) in [6, 6.07) is 10.1. The topological polar surface area (TPSA) is 12.0 Å². The molecule has 0 unspecified atom stereocenters. The summed E-state index contributed by atoms with van der Waals surface area (Å²) in [5, 5.41) is 4.33. The van der Waals surface area contributed by atoms with Gasteiger partial charge in [-0.2, -0.15) is 0 Å². The largest absolute Gasteiger partial charge is 0.313 e. The predicted octanol–water partition coefficient (Wildman–Crippen LogP) is 5.30. The summed E-state index contributed by atoms with van der Waals surface area (Å²) in [7, 11) is 0. The third-order valence-corrected chi connectivity index (χ3v) is 3.57. The summed E-state index contributed by atoms with van der Waals surface area (Å²) in [5.74, 6) is -0.298. The number of halogens is 3. The van der Waals surface area contributed by atoms with Crippen molar-refractivity contribution < 1.29 is 4.39 Å². The third kappa shape index (κ3) is 3.72. The van der Waals surface area contributed by atoms with Crippen LogP contribution >= 0.6 is 23.2 Å². The molecular formula is C16H16Cl2FN. The summed E-state index contributed by atoms with van der Waals surface area (Å²) in [6.07, 6.45) is 1.06. The van der Waals surface area contributed by atoms with Gasteiger partial charge in [-0.15, -0.1) is 0 Å². The van der Waals surface area contributed by atoms with E-state index in [1.807, 2.05) is 6.07 Å². The lowest BCUT2D eigenvalue weighted by molar-refractivity contribution is 0.628. The van der Waals surface area contributed by atoms with Crippen molar-refractivity contribution in [1.29, 1.82) is 0 Å². The van der Waals surface area contributed by atoms with Crippen LogP contribution in [0.4, 0.5) is 4.39 Å². The van der Waals surface area contributed by atoms with E-state index in [-0.39, 0.29) is 5.82 Å². The Kier molecular flexibility index (Phi) is 5.41. The second-order valence-corrected chi connectivity index (χ2v) is 5.46. The fourth-order valence-corrected chi connectivity index (χ4v) is 2.39. The lowest BCUT2D eigenvalue weighted by Gasteiger charge is -2.10. The van der Waals surface area contributed by atoms with Crippen LogP contribution in [0.5, 0.6) is 0 Å². The number of nitrogens with one attached hydrogen (secondary N) is 1. The van der Waals surface area contributed by atoms with Crippen molar-refractivity contribution in [3.8, 4) is 11.1 Å². The highest BCUT2D eigenvalue weighted by molar-refractivity contribution is 6.35. The Hall–Kier alpha value is -1.09. The SMILES string of the molecule is CCCNCc1ccc(F)c(-c2cc(Cl)ccc2Cl)c1. The molecule has 20 heavy (non-hydrogen) atoms. The van der Waals surface area contributed by atoms with E-state index in [9.17, 15) is 4.39 Å². The van der Waals surface area contributed by atoms with Gasteiger partial charge >= 0.3 is 0 Å². The van der Waals surface area contributed by atoms with Crippen molar-refractivity contribution in [3.05, 3.63) is 57.8 Å². The van der Waals surface area contributed by atoms with E-state index in [2.05, 4.69) is 12.2 Å². The minimum absolute atomic E-state index is 0.298. The lowest BCUT2D eigenvalue weighted by Crippen LogP contribution is -2.13. The summed E-state index contributed by atoms with van der Waals surface area (Å²) in [5.41, 5.74) is 2.12. The van der Waals surface area contributed by atoms with Crippen LogP contribution < -0.4 is 5.32 Å². The zero-order valence-electron chi connectivity index (χ0n) is 11.2. The van der Waals surface area contributed by atoms with Gasteiger partial charge in [0.25, 0.3) is 0 Å². The van der Waals surface area contributed by atoms with Crippen LogP contribution in [0.25, 0.3) is 11.1 Å². The standard InChI is InChI=1S/C16H16Cl2FN/c1-2-7-20-10-11-3-6-16(19)14(8-11)13-9-12(17)4-5-15(13)18/h3-6,8-9,20H,2,7,10H2,1H3. The van der Waals surface area contributed by atoms with Crippen LogP contribution in [0, 0.1) is 5.82 Å². The van der Waals surface area contributed by atoms with E-state index in [1.54, 1.807) is 24.3 Å². The molecule has 2 aromatic rings. The molecule has 0 radical (unpaired) electrons. The van der Waals surface area contributed by atoms with Crippen molar-refractivity contribution in [3.63, 3.8) is 0 Å². The Morgan fingerprint density at radius 2 is 1.85 bits per heavy atom. The van der Waals surface area contributed by atoms with Crippen LogP contribution in [-0.2, 0) is 6.54 Å². The van der Waals surface area contributed by atoms with E-state index in [1.165, 1.54) is 6.07 Å². The maximum atomic E-state index is 14.0. The maximum absolute atomic E-state index is 14.0. The van der Waals surface area contributed by atoms with Gasteiger partial charge in [-0.25, -0.2) is 4.39 Å². The fraction of sp³-hybridized carbons (Fsp3) is 0.250. The smallest absolute Gasteiger partial charge is 0.131 e. The minimum atomic E-state index is -0.298. The van der Waals surface area contributed by atoms with E-state index in [0.29, 0.717) is 27.7 Å². The maximum Gasteiger partial charge on any atom is 0.131 e. The highest BCUT2D eigenvalue weighted by Crippen LogP contribution is 2.32. The van der Waals surface area contributed by atoms with Gasteiger partial charge in [0, 0.05) is 27.7 Å². The van der Waals surface area contributed by atoms with Crippen LogP contribution in [0.3, 0.4) is 0 Å². The second kappa shape index (κ2) is 7.07. The van der Waals surface area contributed by atoms with Gasteiger partial charge < -0.3 is 5.32 Å². The molecule has 4 heteroatoms. The minimum Gasteiger partial charge on any atom is -0.313 e. The first-order valence-corrected chi connectivity index (χ1v) is 7.32. The Balaban J connectivity index is 2.35. The van der Waals surface area contributed by atoms with E-state index in [4.69, 9.17) is 23.2 Å². The Bertz CT molecular complexity index is 599. The highest BCUT2D eigenvalue weighted by Gasteiger charge is 2.10. The molecule has 1 nitrogen and oxygen atoms in total. The first-order chi connectivity index (χ1) is 9.61. The van der Waals surface area contributed by atoms with Gasteiger partial charge in [0.1, 0.15) is 5.82 Å². The molecule has 0 saturated carbocycles. The molecule has 0 bridgehead atoms. The average molecular weight is 312 g/mol. The molecule has 0 amide bonds. The van der Waals surface area contributed by atoms with Crippen LogP contribution in [0.15, 0.2) is 36.4 Å². The lowest BCUT2D eigenvalue weighted by atomic mass is 10.0. The molecule has 0 heterocycles. The number of benzene rings is 2. The molecule has 0 aliphatic heterocycles. The molecule has 0 fully saturated rings. The predicted molar refractivity (Wildman–Crippen MR) is 83.9 cm³/mol. The summed E-state index contributed by atoms with van der Waals surface area (Å²) in [6.45, 7) is 3.75. The molecule has 2 aromatic carbocycles. The molecular weight excluding hydrogens is 296 g/mol. The third-order valence-electron chi connectivity index (χ3n) is 3.01. The summed E-state index contributed by atoms with van der Waals surface area (Å²) >= 11 is 12.1. The second-order valence-electron chi connectivity index (χ2n) is 4.62. The zero-order chi connectivity index (χ0) is 14.5. The van der Waals surface area contributed by atoms with Crippen LogP contribution in [0.1, 0.15) is 18.9 Å². The summed E-state index contributed by atoms with van der Waals surface area (Å²) < 4.78 is 14.0. The molecule has 0 aliphatic carbocycles. The van der Waals surface area contributed by atoms with Gasteiger partial charge in [0.2, 0.25) is 0 Å². The van der Waals surface area contributed by atoms with Gasteiger partial charge in [-0.3, -0.25) is 0 Å². The van der Waals surface area contributed by atoms with Crippen molar-refractivity contribution in [2.24, 2.45) is 0 Å². The van der Waals surface area contributed by atoms with Crippen molar-refractivity contribution in [1.82, 2.24) is 5.32 Å². The monoisotopic (exact) mass is 311 g/mol. The first-order valence-electron chi connectivity index (χ1n) is 6.56. The van der Waals surface area contributed by atoms with E-state index >= 15 is 0 Å². The van der Waals surface area contributed by atoms with Gasteiger partial charge in [-0.05, 0) is 48.9 Å². The normalized spacial score (nSPS) is 10.8. The molecule has 0 spiro atoms. The number of hydrogen-bond acceptors (Lipinski definition) is 1. The molecule has 0 atom stereocenters. The quantitative estimate of drug-likeness (QED) is 0.739. The van der Waals surface area contributed by atoms with E-state index < -0.39 is 0 Å². The molecule has 106 valence electrons. The van der Waals surface area contributed by atoms with E-state index in [0.717, 1.165) is 18.5 Å². The molecule has 0 saturated heterocycles. The van der Waals surface area contributed by atoms with Crippen molar-refractivity contribution in [2.45, 2.75) is 19.9 Å². The summed E-state index contributed by atoms with van der Waals surface area (Å²) in [4.78, 5) is 0. The molecule has 1 N–H and O–H groups in total. The van der Waals surface area contributed by atoms with Crippen LogP contribution in [0.2, 0.25) is 10.0 Å². The molecule has 0 aromatic heterocycles. The zero-order valence-corrected chi connectivity index (χ0v) is 12.7. The Morgan fingerprint density at radius 1 is 1.05 bits per heavy atom. The number of hydrogen-bond donors (Lipinski definition) is 1. The molecule has 2 rings (SSSR count). The highest BCUT2D eigenvalue weighted by atomic mass is 35.5. The Labute approximate surface area is 128 Å². The van der Waals surface area contributed by atoms with Crippen LogP contribution in [-0.4, -0.2) is 6.54 Å². The van der Waals surface area contributed by atoms with Gasteiger partial charge in [0.15, 0.2) is 0 Å². The first kappa shape index (κ1) is 15.3. The van der Waals surface area contributed by atoms with Crippen molar-refractivity contribution >= 4 is 23.2 Å². The Morgan fingerprint density at radius 3 is 2.60 bits per heavy atom. The van der Waals surface area contributed by atoms with Gasteiger partial charge in [-0.1, -0.05) is 36.2 Å².